The number of thioether (sulfide) groups is 1. The number of aliphatic hydroxyl groups excluding tert-OH is 2. The molecule has 0 radical (unpaired) electrons. The van der Waals surface area contributed by atoms with Crippen LogP contribution in [0.5, 0.6) is 5.75 Å². The first kappa shape index (κ1) is 14.0. The molecule has 2 atom stereocenters. The number of rotatable bonds is 5. The predicted octanol–water partition coefficient (Wildman–Crippen LogP) is 1.37. The lowest BCUT2D eigenvalue weighted by molar-refractivity contribution is -0.109. The summed E-state index contributed by atoms with van der Waals surface area (Å²) in [7, 11) is 1.54. The van der Waals surface area contributed by atoms with Crippen molar-refractivity contribution in [2.75, 3.05) is 12.9 Å². The van der Waals surface area contributed by atoms with Crippen LogP contribution in [0.4, 0.5) is 0 Å². The highest BCUT2D eigenvalue weighted by molar-refractivity contribution is 8.13. The van der Waals surface area contributed by atoms with Crippen LogP contribution < -0.4 is 4.74 Å². The van der Waals surface area contributed by atoms with E-state index in [1.165, 1.54) is 14.0 Å². The number of carbonyl (C=O) groups is 1. The molecule has 0 aromatic heterocycles. The summed E-state index contributed by atoms with van der Waals surface area (Å²) in [5.41, 5.74) is 0.570. The molecule has 0 saturated heterocycles. The Labute approximate surface area is 105 Å². The molecule has 0 spiro atoms. The summed E-state index contributed by atoms with van der Waals surface area (Å²) in [4.78, 5) is 10.8. The van der Waals surface area contributed by atoms with Crippen molar-refractivity contribution in [3.63, 3.8) is 0 Å². The summed E-state index contributed by atoms with van der Waals surface area (Å²) in [5.74, 6) is 0.793. The minimum atomic E-state index is -1.02. The van der Waals surface area contributed by atoms with E-state index in [1.54, 1.807) is 24.3 Å². The Morgan fingerprint density at radius 3 is 2.76 bits per heavy atom. The lowest BCUT2D eigenvalue weighted by atomic mass is 10.1. The zero-order chi connectivity index (χ0) is 12.8. The van der Waals surface area contributed by atoms with Gasteiger partial charge in [-0.25, -0.2) is 0 Å². The number of aliphatic hydroxyl groups is 2. The molecule has 0 bridgehead atoms. The highest BCUT2D eigenvalue weighted by Gasteiger charge is 2.19. The van der Waals surface area contributed by atoms with Crippen molar-refractivity contribution in [3.8, 4) is 5.75 Å². The molecular formula is C12H16O4S. The Hall–Kier alpha value is -1.04. The Morgan fingerprint density at radius 1 is 1.47 bits per heavy atom. The molecule has 0 fully saturated rings. The third kappa shape index (κ3) is 4.38. The second-order valence-corrected chi connectivity index (χ2v) is 4.79. The molecule has 17 heavy (non-hydrogen) atoms. The summed E-state index contributed by atoms with van der Waals surface area (Å²) in [5, 5.41) is 19.5. The van der Waals surface area contributed by atoms with Crippen LogP contribution in [0, 0.1) is 0 Å². The van der Waals surface area contributed by atoms with Gasteiger partial charge in [0.05, 0.1) is 13.2 Å². The average Bonchev–Trinajstić information content (AvgIpc) is 2.35. The average molecular weight is 256 g/mol. The van der Waals surface area contributed by atoms with Crippen molar-refractivity contribution in [1.29, 1.82) is 0 Å². The Morgan fingerprint density at radius 2 is 2.18 bits per heavy atom. The zero-order valence-electron chi connectivity index (χ0n) is 9.79. The second kappa shape index (κ2) is 6.64. The quantitative estimate of drug-likeness (QED) is 0.833. The monoisotopic (exact) mass is 256 g/mol. The molecule has 1 rings (SSSR count). The summed E-state index contributed by atoms with van der Waals surface area (Å²) >= 11 is 0.992. The molecule has 1 aromatic rings. The SMILES string of the molecule is COc1cccc(C(O)C(O)CSC(C)=O)c1. The van der Waals surface area contributed by atoms with Crippen molar-refractivity contribution in [3.05, 3.63) is 29.8 Å². The van der Waals surface area contributed by atoms with Crippen LogP contribution in [0.25, 0.3) is 0 Å². The van der Waals surface area contributed by atoms with Crippen LogP contribution >= 0.6 is 11.8 Å². The third-order valence-corrected chi connectivity index (χ3v) is 3.17. The smallest absolute Gasteiger partial charge is 0.185 e. The van der Waals surface area contributed by atoms with Gasteiger partial charge < -0.3 is 14.9 Å². The number of benzene rings is 1. The number of ether oxygens (including phenoxy) is 1. The van der Waals surface area contributed by atoms with Gasteiger partial charge in [-0.05, 0) is 17.7 Å². The first-order valence-corrected chi connectivity index (χ1v) is 6.16. The van der Waals surface area contributed by atoms with E-state index in [-0.39, 0.29) is 10.9 Å². The number of hydrogen-bond acceptors (Lipinski definition) is 5. The first-order chi connectivity index (χ1) is 8.04. The molecule has 4 nitrogen and oxygen atoms in total. The Kier molecular flexibility index (Phi) is 5.47. The first-order valence-electron chi connectivity index (χ1n) is 5.18. The van der Waals surface area contributed by atoms with Gasteiger partial charge >= 0.3 is 0 Å². The normalized spacial score (nSPS) is 14.1. The fourth-order valence-corrected chi connectivity index (χ4v) is 1.93. The van der Waals surface area contributed by atoms with E-state index in [1.807, 2.05) is 0 Å². The molecule has 0 saturated carbocycles. The van der Waals surface area contributed by atoms with E-state index in [9.17, 15) is 15.0 Å². The van der Waals surface area contributed by atoms with Gasteiger partial charge in [0.2, 0.25) is 0 Å². The van der Waals surface area contributed by atoms with Crippen LogP contribution in [0.3, 0.4) is 0 Å². The molecule has 2 unspecified atom stereocenters. The molecule has 0 amide bonds. The lowest BCUT2D eigenvalue weighted by Crippen LogP contribution is -2.21. The molecule has 0 aliphatic rings. The standard InChI is InChI=1S/C12H16O4S/c1-8(13)17-7-11(14)12(15)9-4-3-5-10(6-9)16-2/h3-6,11-12,14-15H,7H2,1-2H3. The van der Waals surface area contributed by atoms with E-state index in [4.69, 9.17) is 4.74 Å². The molecule has 0 heterocycles. The van der Waals surface area contributed by atoms with Crippen molar-refractivity contribution in [2.45, 2.75) is 19.1 Å². The highest BCUT2D eigenvalue weighted by atomic mass is 32.2. The molecule has 0 aliphatic carbocycles. The number of carbonyl (C=O) groups excluding carboxylic acids is 1. The predicted molar refractivity (Wildman–Crippen MR) is 67.1 cm³/mol. The Bertz CT molecular complexity index is 381. The van der Waals surface area contributed by atoms with Crippen LogP contribution in [-0.4, -0.2) is 34.3 Å². The fraction of sp³-hybridized carbons (Fsp3) is 0.417. The van der Waals surface area contributed by atoms with E-state index in [0.717, 1.165) is 11.8 Å². The zero-order valence-corrected chi connectivity index (χ0v) is 10.6. The summed E-state index contributed by atoms with van der Waals surface area (Å²) in [6.45, 7) is 1.43. The molecule has 94 valence electrons. The van der Waals surface area contributed by atoms with Crippen molar-refractivity contribution < 1.29 is 19.7 Å². The van der Waals surface area contributed by atoms with E-state index < -0.39 is 12.2 Å². The van der Waals surface area contributed by atoms with Gasteiger partial charge in [0, 0.05) is 12.7 Å². The van der Waals surface area contributed by atoms with E-state index in [2.05, 4.69) is 0 Å². The number of hydrogen-bond donors (Lipinski definition) is 2. The highest BCUT2D eigenvalue weighted by Crippen LogP contribution is 2.23. The maximum absolute atomic E-state index is 10.8. The van der Waals surface area contributed by atoms with Crippen molar-refractivity contribution >= 4 is 16.9 Å². The topological polar surface area (TPSA) is 66.8 Å². The van der Waals surface area contributed by atoms with Crippen LogP contribution in [0.1, 0.15) is 18.6 Å². The third-order valence-electron chi connectivity index (χ3n) is 2.26. The second-order valence-electron chi connectivity index (χ2n) is 3.59. The number of methoxy groups -OCH3 is 1. The molecule has 0 aliphatic heterocycles. The summed E-state index contributed by atoms with van der Waals surface area (Å²) in [6.07, 6.45) is -1.99. The largest absolute Gasteiger partial charge is 0.497 e. The van der Waals surface area contributed by atoms with Gasteiger partial charge in [-0.1, -0.05) is 23.9 Å². The summed E-state index contributed by atoms with van der Waals surface area (Å²) < 4.78 is 5.03. The van der Waals surface area contributed by atoms with Gasteiger partial charge in [-0.15, -0.1) is 0 Å². The van der Waals surface area contributed by atoms with E-state index >= 15 is 0 Å². The van der Waals surface area contributed by atoms with Gasteiger partial charge in [0.1, 0.15) is 11.9 Å². The maximum Gasteiger partial charge on any atom is 0.185 e. The minimum absolute atomic E-state index is 0.0816. The van der Waals surface area contributed by atoms with Crippen molar-refractivity contribution in [1.82, 2.24) is 0 Å². The van der Waals surface area contributed by atoms with Gasteiger partial charge in [-0.3, -0.25) is 4.79 Å². The molecule has 2 N–H and O–H groups in total. The van der Waals surface area contributed by atoms with Gasteiger partial charge in [-0.2, -0.15) is 0 Å². The maximum atomic E-state index is 10.8. The Balaban J connectivity index is 2.66. The van der Waals surface area contributed by atoms with E-state index in [0.29, 0.717) is 11.3 Å². The minimum Gasteiger partial charge on any atom is -0.497 e. The molecular weight excluding hydrogens is 240 g/mol. The van der Waals surface area contributed by atoms with Crippen LogP contribution in [0.2, 0.25) is 0 Å². The lowest BCUT2D eigenvalue weighted by Gasteiger charge is -2.17. The van der Waals surface area contributed by atoms with Crippen molar-refractivity contribution in [2.24, 2.45) is 0 Å². The summed E-state index contributed by atoms with van der Waals surface area (Å²) in [6, 6.07) is 6.86. The molecule has 5 heteroatoms. The fourth-order valence-electron chi connectivity index (χ4n) is 1.34. The molecule has 1 aromatic carbocycles. The van der Waals surface area contributed by atoms with Gasteiger partial charge in [0.15, 0.2) is 5.12 Å². The van der Waals surface area contributed by atoms with Crippen LogP contribution in [-0.2, 0) is 4.79 Å². The van der Waals surface area contributed by atoms with Gasteiger partial charge in [0.25, 0.3) is 0 Å². The van der Waals surface area contributed by atoms with Crippen LogP contribution in [0.15, 0.2) is 24.3 Å².